The number of ketones is 1. The van der Waals surface area contributed by atoms with Gasteiger partial charge in [0.25, 0.3) is 5.91 Å². The molecule has 0 bridgehead atoms. The molecule has 13 heteroatoms. The van der Waals surface area contributed by atoms with Crippen LogP contribution in [0.4, 0.5) is 4.39 Å². The Bertz CT molecular complexity index is 1400. The molecule has 0 aromatic rings. The van der Waals surface area contributed by atoms with Crippen LogP contribution in [0.2, 0.25) is 0 Å². The van der Waals surface area contributed by atoms with Crippen LogP contribution in [-0.4, -0.2) is 176 Å². The maximum atomic E-state index is 16.8. The molecule has 5 saturated heterocycles. The van der Waals surface area contributed by atoms with Crippen molar-refractivity contribution in [3.8, 4) is 0 Å². The Morgan fingerprint density at radius 1 is 0.830 bits per heavy atom. The highest BCUT2D eigenvalue weighted by atomic mass is 19.1. The van der Waals surface area contributed by atoms with Gasteiger partial charge >= 0.3 is 0 Å². The van der Waals surface area contributed by atoms with Crippen molar-refractivity contribution in [2.24, 2.45) is 17.8 Å². The molecule has 6 heterocycles. The summed E-state index contributed by atoms with van der Waals surface area (Å²) >= 11 is 0. The van der Waals surface area contributed by atoms with Gasteiger partial charge in [-0.3, -0.25) is 19.3 Å². The Morgan fingerprint density at radius 2 is 1.62 bits per heavy atom. The summed E-state index contributed by atoms with van der Waals surface area (Å²) in [6.45, 7) is 9.40. The van der Waals surface area contributed by atoms with Crippen molar-refractivity contribution < 1.29 is 28.2 Å². The first kappa shape index (κ1) is 36.5. The van der Waals surface area contributed by atoms with E-state index in [0.717, 1.165) is 78.0 Å². The molecule has 12 nitrogen and oxygen atoms in total. The Labute approximate surface area is 314 Å². The summed E-state index contributed by atoms with van der Waals surface area (Å²) in [7, 11) is 2.13. The SMILES string of the molecule is CN1CCN(CCC(=O)N[C@@H]2CCN(C3C(F)CC4C(=O)C(C(=O)NCCN5CCCC5)=CN5C6CC7OC8CCCCC8C7CC6OC3C45)C2)CC1. The molecule has 2 amide bonds. The molecule has 3 aliphatic carbocycles. The molecular formula is C40H62FN7O5. The van der Waals surface area contributed by atoms with E-state index in [9.17, 15) is 14.4 Å². The van der Waals surface area contributed by atoms with Gasteiger partial charge in [0.2, 0.25) is 5.91 Å². The molecule has 3 saturated carbocycles. The first-order valence-electron chi connectivity index (χ1n) is 21.2. The number of alkyl halides is 1. The van der Waals surface area contributed by atoms with Crippen LogP contribution in [0.1, 0.15) is 70.6 Å². The zero-order valence-electron chi connectivity index (χ0n) is 31.7. The monoisotopic (exact) mass is 739 g/mol. The maximum Gasteiger partial charge on any atom is 0.256 e. The van der Waals surface area contributed by atoms with Crippen LogP contribution in [0.25, 0.3) is 0 Å². The summed E-state index contributed by atoms with van der Waals surface area (Å²) in [6.07, 6.45) is 10.6. The fourth-order valence-electron chi connectivity index (χ4n) is 12.0. The topological polar surface area (TPSA) is 110 Å². The smallest absolute Gasteiger partial charge is 0.256 e. The van der Waals surface area contributed by atoms with Gasteiger partial charge in [-0.1, -0.05) is 12.8 Å². The number of carbonyl (C=O) groups excluding carboxylic acids is 3. The fourth-order valence-corrected chi connectivity index (χ4v) is 12.0. The summed E-state index contributed by atoms with van der Waals surface area (Å²) in [6, 6.07) is -0.905. The van der Waals surface area contributed by atoms with Crippen molar-refractivity contribution in [2.75, 3.05) is 79.0 Å². The molecule has 53 heavy (non-hydrogen) atoms. The predicted octanol–water partition coefficient (Wildman–Crippen LogP) is 1.39. The van der Waals surface area contributed by atoms with Gasteiger partial charge in [-0.2, -0.15) is 0 Å². The van der Waals surface area contributed by atoms with Gasteiger partial charge in [-0.25, -0.2) is 4.39 Å². The molecule has 2 N–H and O–H groups in total. The molecule has 9 rings (SSSR count). The molecule has 11 unspecified atom stereocenters. The third kappa shape index (κ3) is 7.20. The Hall–Kier alpha value is -2.16. The molecule has 12 atom stereocenters. The Balaban J connectivity index is 0.921. The van der Waals surface area contributed by atoms with Crippen LogP contribution in [-0.2, 0) is 23.9 Å². The lowest BCUT2D eigenvalue weighted by Gasteiger charge is -2.61. The zero-order chi connectivity index (χ0) is 36.2. The lowest BCUT2D eigenvalue weighted by atomic mass is 9.67. The predicted molar refractivity (Wildman–Crippen MR) is 197 cm³/mol. The van der Waals surface area contributed by atoms with Crippen LogP contribution in [0.15, 0.2) is 11.8 Å². The number of likely N-dealkylation sites (tertiary alicyclic amines) is 2. The molecule has 0 spiro atoms. The summed E-state index contributed by atoms with van der Waals surface area (Å²) < 4.78 is 30.7. The van der Waals surface area contributed by atoms with Crippen LogP contribution in [0.5, 0.6) is 0 Å². The van der Waals surface area contributed by atoms with E-state index in [2.05, 4.69) is 42.2 Å². The summed E-state index contributed by atoms with van der Waals surface area (Å²) in [5.74, 6) is -0.194. The number of hydrogen-bond acceptors (Lipinski definition) is 10. The van der Waals surface area contributed by atoms with Crippen LogP contribution >= 0.6 is 0 Å². The van der Waals surface area contributed by atoms with E-state index in [4.69, 9.17) is 9.47 Å². The minimum absolute atomic E-state index is 0.0246. The van der Waals surface area contributed by atoms with E-state index in [1.54, 1.807) is 0 Å². The second-order valence-corrected chi connectivity index (χ2v) is 17.9. The quantitative estimate of drug-likeness (QED) is 0.337. The maximum absolute atomic E-state index is 16.8. The zero-order valence-corrected chi connectivity index (χ0v) is 31.7. The summed E-state index contributed by atoms with van der Waals surface area (Å²) in [5.41, 5.74) is 0.168. The van der Waals surface area contributed by atoms with Crippen molar-refractivity contribution in [3.05, 3.63) is 11.8 Å². The number of likely N-dealkylation sites (N-methyl/N-ethyl adjacent to an activating group) is 1. The first-order valence-corrected chi connectivity index (χ1v) is 21.2. The van der Waals surface area contributed by atoms with E-state index in [1.165, 1.54) is 32.1 Å². The van der Waals surface area contributed by atoms with E-state index < -0.39 is 24.2 Å². The van der Waals surface area contributed by atoms with Crippen molar-refractivity contribution in [1.82, 2.24) is 35.1 Å². The van der Waals surface area contributed by atoms with E-state index in [-0.39, 0.29) is 59.9 Å². The number of piperazine rings is 1. The van der Waals surface area contributed by atoms with Gasteiger partial charge in [0.05, 0.1) is 48.1 Å². The number of ether oxygens (including phenoxy) is 2. The number of fused-ring (bicyclic) bond motifs is 5. The summed E-state index contributed by atoms with van der Waals surface area (Å²) in [5, 5.41) is 6.31. The van der Waals surface area contributed by atoms with Crippen molar-refractivity contribution >= 4 is 17.6 Å². The molecule has 294 valence electrons. The van der Waals surface area contributed by atoms with Crippen molar-refractivity contribution in [2.45, 2.75) is 125 Å². The minimum Gasteiger partial charge on any atom is -0.374 e. The first-order chi connectivity index (χ1) is 25.8. The minimum atomic E-state index is -1.28. The Morgan fingerprint density at radius 3 is 2.45 bits per heavy atom. The number of nitrogens with one attached hydrogen (secondary N) is 2. The highest BCUT2D eigenvalue weighted by Gasteiger charge is 2.62. The van der Waals surface area contributed by atoms with Crippen LogP contribution in [0, 0.1) is 17.8 Å². The number of carbonyl (C=O) groups is 3. The van der Waals surface area contributed by atoms with E-state index in [0.29, 0.717) is 44.0 Å². The third-order valence-corrected chi connectivity index (χ3v) is 14.8. The molecular weight excluding hydrogens is 677 g/mol. The highest BCUT2D eigenvalue weighted by Crippen LogP contribution is 2.53. The van der Waals surface area contributed by atoms with Gasteiger partial charge in [-0.05, 0) is 83.3 Å². The lowest BCUT2D eigenvalue weighted by molar-refractivity contribution is -0.220. The second kappa shape index (κ2) is 15.4. The van der Waals surface area contributed by atoms with Gasteiger partial charge in [0.15, 0.2) is 5.78 Å². The molecule has 0 radical (unpaired) electrons. The molecule has 0 aromatic heterocycles. The largest absolute Gasteiger partial charge is 0.374 e. The number of amides is 2. The Kier molecular flexibility index (Phi) is 10.6. The number of hydrogen-bond donors (Lipinski definition) is 2. The van der Waals surface area contributed by atoms with Gasteiger partial charge in [-0.15, -0.1) is 0 Å². The van der Waals surface area contributed by atoms with Crippen molar-refractivity contribution in [3.63, 3.8) is 0 Å². The number of nitrogens with zero attached hydrogens (tertiary/aromatic N) is 5. The van der Waals surface area contributed by atoms with Gasteiger partial charge in [0.1, 0.15) is 6.17 Å². The number of morpholine rings is 1. The third-order valence-electron chi connectivity index (χ3n) is 14.8. The van der Waals surface area contributed by atoms with Gasteiger partial charge in [0, 0.05) is 83.5 Å². The molecule has 9 aliphatic rings. The van der Waals surface area contributed by atoms with E-state index in [1.807, 2.05) is 6.20 Å². The highest BCUT2D eigenvalue weighted by molar-refractivity contribution is 6.20. The average Bonchev–Trinajstić information content (AvgIpc) is 3.92. The fraction of sp³-hybridized carbons (Fsp3) is 0.875. The van der Waals surface area contributed by atoms with Crippen molar-refractivity contribution in [1.29, 1.82) is 0 Å². The second-order valence-electron chi connectivity index (χ2n) is 17.9. The normalized spacial score (nSPS) is 42.0. The standard InChI is InChI=1S/C40H62FN7O5/c1-44-16-18-46(19-17-44)13-9-35(49)43-25-8-14-47(23-25)37-30(41)20-28-36-39(37)53-34-21-27-26-6-2-3-7-32(26)52-33(27)22-31(34)48(36)24-29(38(28)50)40(51)42-10-15-45-11-4-5-12-45/h24-28,30-34,36-37,39H,2-23H2,1H3,(H,42,51)(H,43,49)/t25-,26?,27?,28?,30?,31?,32?,33?,34?,36?,37?,39?/m1/s1. The number of Topliss-reactive ketones (excluding diaryl/α,β-unsaturated/α-hetero) is 1. The average molecular weight is 740 g/mol. The lowest BCUT2D eigenvalue weighted by Crippen LogP contribution is -2.73. The molecule has 0 aromatic carbocycles. The number of rotatable bonds is 9. The van der Waals surface area contributed by atoms with Crippen LogP contribution in [0.3, 0.4) is 0 Å². The van der Waals surface area contributed by atoms with Gasteiger partial charge < -0.3 is 39.7 Å². The number of halogens is 1. The van der Waals surface area contributed by atoms with E-state index >= 15 is 4.39 Å². The molecule has 8 fully saturated rings. The summed E-state index contributed by atoms with van der Waals surface area (Å²) in [4.78, 5) is 52.5. The molecule has 6 aliphatic heterocycles. The van der Waals surface area contributed by atoms with Crippen LogP contribution < -0.4 is 10.6 Å².